The number of aromatic nitrogens is 3. The van der Waals surface area contributed by atoms with Crippen LogP contribution < -0.4 is 10.6 Å². The maximum atomic E-state index is 14.2. The second kappa shape index (κ2) is 9.16. The fourth-order valence-corrected chi connectivity index (χ4v) is 4.00. The molecule has 0 saturated carbocycles. The van der Waals surface area contributed by atoms with Gasteiger partial charge >= 0.3 is 0 Å². The van der Waals surface area contributed by atoms with Crippen LogP contribution in [0.5, 0.6) is 0 Å². The monoisotopic (exact) mass is 417 g/mol. The van der Waals surface area contributed by atoms with Gasteiger partial charge in [-0.3, -0.25) is 0 Å². The van der Waals surface area contributed by atoms with Crippen molar-refractivity contribution in [2.24, 2.45) is 0 Å². The number of aryl methyl sites for hydroxylation is 3. The highest BCUT2D eigenvalue weighted by atomic mass is 19.1. The molecular formula is C25H28FN5. The molecule has 0 atom stereocenters. The van der Waals surface area contributed by atoms with Crippen LogP contribution in [0.2, 0.25) is 0 Å². The van der Waals surface area contributed by atoms with E-state index < -0.39 is 0 Å². The Morgan fingerprint density at radius 3 is 2.26 bits per heavy atom. The topological polar surface area (TPSA) is 65.6 Å². The van der Waals surface area contributed by atoms with E-state index in [0.29, 0.717) is 17.9 Å². The molecule has 0 fully saturated rings. The SMILES string of the molecule is Cc1nc(NCCc2ccccc2)cc(NCCc2c(C)[nH]c3c(F)ccc(C)c23)n1. The lowest BCUT2D eigenvalue weighted by Crippen LogP contribution is -2.11. The molecule has 31 heavy (non-hydrogen) atoms. The zero-order valence-electron chi connectivity index (χ0n) is 18.2. The van der Waals surface area contributed by atoms with Crippen molar-refractivity contribution in [2.75, 3.05) is 23.7 Å². The van der Waals surface area contributed by atoms with Gasteiger partial charge in [0.1, 0.15) is 23.3 Å². The number of halogens is 1. The summed E-state index contributed by atoms with van der Waals surface area (Å²) in [6.07, 6.45) is 1.71. The second-order valence-corrected chi connectivity index (χ2v) is 7.87. The van der Waals surface area contributed by atoms with E-state index in [0.717, 1.165) is 53.2 Å². The maximum absolute atomic E-state index is 14.2. The summed E-state index contributed by atoms with van der Waals surface area (Å²) in [5, 5.41) is 7.77. The largest absolute Gasteiger partial charge is 0.370 e. The number of hydrogen-bond acceptors (Lipinski definition) is 4. The third kappa shape index (κ3) is 4.85. The number of nitrogens with zero attached hydrogens (tertiary/aromatic N) is 2. The van der Waals surface area contributed by atoms with Crippen molar-refractivity contribution in [3.05, 3.63) is 82.6 Å². The van der Waals surface area contributed by atoms with Crippen LogP contribution in [0, 0.1) is 26.6 Å². The lowest BCUT2D eigenvalue weighted by atomic mass is 10.0. The molecule has 0 aliphatic rings. The van der Waals surface area contributed by atoms with Crippen LogP contribution in [0.15, 0.2) is 48.5 Å². The molecule has 2 aromatic heterocycles. The molecule has 3 N–H and O–H groups in total. The van der Waals surface area contributed by atoms with Gasteiger partial charge in [-0.15, -0.1) is 0 Å². The highest BCUT2D eigenvalue weighted by molar-refractivity contribution is 5.88. The standard InChI is InChI=1S/C25H28FN5/c1-16-9-10-21(26)25-24(16)20(17(2)29-25)12-14-28-23-15-22(30-18(3)31-23)27-13-11-19-7-5-4-6-8-19/h4-10,15,29H,11-14H2,1-3H3,(H2,27,28,30,31). The Kier molecular flexibility index (Phi) is 6.16. The van der Waals surface area contributed by atoms with Crippen molar-refractivity contribution in [1.82, 2.24) is 15.0 Å². The van der Waals surface area contributed by atoms with Crippen LogP contribution >= 0.6 is 0 Å². The molecule has 4 rings (SSSR count). The molecule has 2 aromatic carbocycles. The summed E-state index contributed by atoms with van der Waals surface area (Å²) >= 11 is 0. The first-order valence-corrected chi connectivity index (χ1v) is 10.6. The van der Waals surface area contributed by atoms with Crippen LogP contribution in [0.3, 0.4) is 0 Å². The fraction of sp³-hybridized carbons (Fsp3) is 0.280. The number of anilines is 2. The summed E-state index contributed by atoms with van der Waals surface area (Å²) < 4.78 is 14.2. The number of rotatable bonds is 8. The highest BCUT2D eigenvalue weighted by Crippen LogP contribution is 2.28. The number of aromatic amines is 1. The summed E-state index contributed by atoms with van der Waals surface area (Å²) in [6, 6.07) is 15.7. The van der Waals surface area contributed by atoms with E-state index in [1.807, 2.05) is 39.0 Å². The van der Waals surface area contributed by atoms with Gasteiger partial charge in [-0.25, -0.2) is 14.4 Å². The van der Waals surface area contributed by atoms with Gasteiger partial charge in [-0.2, -0.15) is 0 Å². The predicted octanol–water partition coefficient (Wildman–Crippen LogP) is 5.33. The normalized spacial score (nSPS) is 11.1. The van der Waals surface area contributed by atoms with Crippen molar-refractivity contribution >= 4 is 22.5 Å². The van der Waals surface area contributed by atoms with Crippen molar-refractivity contribution in [2.45, 2.75) is 33.6 Å². The van der Waals surface area contributed by atoms with Gasteiger partial charge in [0, 0.05) is 30.2 Å². The van der Waals surface area contributed by atoms with Gasteiger partial charge in [0.15, 0.2) is 0 Å². The number of benzene rings is 2. The van der Waals surface area contributed by atoms with Crippen LogP contribution in [0.1, 0.15) is 28.2 Å². The minimum absolute atomic E-state index is 0.208. The third-order valence-electron chi connectivity index (χ3n) is 5.51. The second-order valence-electron chi connectivity index (χ2n) is 7.87. The van der Waals surface area contributed by atoms with Gasteiger partial charge in [-0.1, -0.05) is 36.4 Å². The number of H-pyrrole nitrogens is 1. The molecule has 2 heterocycles. The van der Waals surface area contributed by atoms with Gasteiger partial charge in [0.2, 0.25) is 0 Å². The van der Waals surface area contributed by atoms with Gasteiger partial charge in [0.05, 0.1) is 5.52 Å². The molecule has 0 amide bonds. The average Bonchev–Trinajstić information content (AvgIpc) is 3.09. The molecule has 5 nitrogen and oxygen atoms in total. The van der Waals surface area contributed by atoms with Crippen molar-refractivity contribution in [3.8, 4) is 0 Å². The first-order chi connectivity index (χ1) is 15.0. The molecule has 4 aromatic rings. The summed E-state index contributed by atoms with van der Waals surface area (Å²) in [4.78, 5) is 12.2. The van der Waals surface area contributed by atoms with Crippen molar-refractivity contribution in [3.63, 3.8) is 0 Å². The first-order valence-electron chi connectivity index (χ1n) is 10.6. The smallest absolute Gasteiger partial charge is 0.147 e. The Labute approximate surface area is 182 Å². The molecule has 0 aliphatic carbocycles. The quantitative estimate of drug-likeness (QED) is 0.362. The Morgan fingerprint density at radius 1 is 0.871 bits per heavy atom. The zero-order chi connectivity index (χ0) is 21.8. The molecule has 0 radical (unpaired) electrons. The molecule has 0 bridgehead atoms. The third-order valence-corrected chi connectivity index (χ3v) is 5.51. The number of fused-ring (bicyclic) bond motifs is 1. The minimum Gasteiger partial charge on any atom is -0.370 e. The van der Waals surface area contributed by atoms with Crippen LogP contribution in [0.4, 0.5) is 16.0 Å². The van der Waals surface area contributed by atoms with Crippen LogP contribution in [-0.2, 0) is 12.8 Å². The Hall–Kier alpha value is -3.41. The van der Waals surface area contributed by atoms with E-state index >= 15 is 0 Å². The predicted molar refractivity (Wildman–Crippen MR) is 125 cm³/mol. The van der Waals surface area contributed by atoms with Crippen molar-refractivity contribution in [1.29, 1.82) is 0 Å². The maximum Gasteiger partial charge on any atom is 0.147 e. The van der Waals surface area contributed by atoms with Crippen LogP contribution in [-0.4, -0.2) is 28.0 Å². The van der Waals surface area contributed by atoms with Crippen LogP contribution in [0.25, 0.3) is 10.9 Å². The van der Waals surface area contributed by atoms with E-state index in [1.165, 1.54) is 11.6 Å². The van der Waals surface area contributed by atoms with E-state index in [4.69, 9.17) is 0 Å². The first kappa shape index (κ1) is 20.8. The fourth-order valence-electron chi connectivity index (χ4n) is 4.00. The molecule has 6 heteroatoms. The Bertz CT molecular complexity index is 1180. The van der Waals surface area contributed by atoms with E-state index in [2.05, 4.69) is 49.9 Å². The minimum atomic E-state index is -0.208. The summed E-state index contributed by atoms with van der Waals surface area (Å²) in [5.74, 6) is 2.11. The molecular weight excluding hydrogens is 389 g/mol. The van der Waals surface area contributed by atoms with Crippen molar-refractivity contribution < 1.29 is 4.39 Å². The van der Waals surface area contributed by atoms with Gasteiger partial charge in [-0.05, 0) is 56.4 Å². The molecule has 0 aliphatic heterocycles. The summed E-state index contributed by atoms with van der Waals surface area (Å²) in [6.45, 7) is 7.41. The van der Waals surface area contributed by atoms with Gasteiger partial charge < -0.3 is 15.6 Å². The zero-order valence-corrected chi connectivity index (χ0v) is 18.2. The highest BCUT2D eigenvalue weighted by Gasteiger charge is 2.13. The molecule has 0 unspecified atom stereocenters. The number of nitrogens with one attached hydrogen (secondary N) is 3. The van der Waals surface area contributed by atoms with E-state index in [1.54, 1.807) is 0 Å². The summed E-state index contributed by atoms with van der Waals surface area (Å²) in [7, 11) is 0. The summed E-state index contributed by atoms with van der Waals surface area (Å²) in [5.41, 5.74) is 5.12. The lowest BCUT2D eigenvalue weighted by molar-refractivity contribution is 0.637. The Balaban J connectivity index is 1.40. The Morgan fingerprint density at radius 2 is 1.55 bits per heavy atom. The average molecular weight is 418 g/mol. The molecule has 160 valence electrons. The molecule has 0 spiro atoms. The lowest BCUT2D eigenvalue weighted by Gasteiger charge is -2.11. The molecule has 0 saturated heterocycles. The van der Waals surface area contributed by atoms with E-state index in [9.17, 15) is 4.39 Å². The van der Waals surface area contributed by atoms with E-state index in [-0.39, 0.29) is 5.82 Å². The van der Waals surface area contributed by atoms with Gasteiger partial charge in [0.25, 0.3) is 0 Å². The number of hydrogen-bond donors (Lipinski definition) is 3.